The number of aryl methyl sites for hydroxylation is 2. The molecule has 1 N–H and O–H groups in total. The van der Waals surface area contributed by atoms with Crippen LogP contribution in [0.25, 0.3) is 0 Å². The standard InChI is InChI=1S/C37H44ClN5O6S/c1-42-35(15-17-39-42)48-22-34(44)40-50(46)18-5-3-4-8-32(47-2)29-12-9-27(29)21-43-23-37(16-6-7-25-19-28(38)11-13-30(25)37)24-49-33-14-10-26(20-31(33)43)36(45)41-50/h4,8,10-11,13-15,17,19-20,27,29,32H,3,5-7,9,12,16,18,21-24H2,1-2H3,(H,40,41,44,45,46)/b8-4-/t27-,29+,32-,37-,50?/m0/s1. The molecule has 13 heteroatoms. The highest BCUT2D eigenvalue weighted by Crippen LogP contribution is 2.47. The van der Waals surface area contributed by atoms with Crippen LogP contribution in [0.2, 0.25) is 5.02 Å². The number of allylic oxidation sites excluding steroid dienone is 1. The number of hydrogen-bond acceptors (Lipinski definition) is 8. The molecule has 11 nitrogen and oxygen atoms in total. The van der Waals surface area contributed by atoms with E-state index in [-0.39, 0.29) is 22.8 Å². The van der Waals surface area contributed by atoms with Gasteiger partial charge in [0.1, 0.15) is 15.7 Å². The zero-order chi connectivity index (χ0) is 34.9. The van der Waals surface area contributed by atoms with Crippen LogP contribution in [0.5, 0.6) is 11.6 Å². The van der Waals surface area contributed by atoms with Gasteiger partial charge in [0.2, 0.25) is 5.88 Å². The first-order valence-corrected chi connectivity index (χ1v) is 19.4. The zero-order valence-electron chi connectivity index (χ0n) is 28.5. The molecule has 4 aliphatic rings. The Morgan fingerprint density at radius 1 is 1.18 bits per heavy atom. The number of nitrogens with one attached hydrogen (secondary N) is 1. The number of carbonyl (C=O) groups excluding carboxylic acids is 2. The first-order valence-electron chi connectivity index (χ1n) is 17.4. The first-order chi connectivity index (χ1) is 24.1. The first kappa shape index (κ1) is 34.6. The van der Waals surface area contributed by atoms with Crippen molar-refractivity contribution in [1.82, 2.24) is 14.5 Å². The Balaban J connectivity index is 1.24. The van der Waals surface area contributed by atoms with Crippen molar-refractivity contribution in [3.05, 3.63) is 82.5 Å². The summed E-state index contributed by atoms with van der Waals surface area (Å²) in [5.74, 6) is 0.497. The zero-order valence-corrected chi connectivity index (χ0v) is 30.1. The normalized spacial score (nSPS) is 28.6. The summed E-state index contributed by atoms with van der Waals surface area (Å²) in [5.41, 5.74) is 3.36. The Labute approximate surface area is 298 Å². The predicted molar refractivity (Wildman–Crippen MR) is 192 cm³/mol. The average Bonchev–Trinajstić information content (AvgIpc) is 3.43. The topological polar surface area (TPSA) is 124 Å². The van der Waals surface area contributed by atoms with Crippen LogP contribution in [0.3, 0.4) is 0 Å². The molecular formula is C37H44ClN5O6S. The van der Waals surface area contributed by atoms with Gasteiger partial charge in [-0.2, -0.15) is 5.10 Å². The van der Waals surface area contributed by atoms with Crippen molar-refractivity contribution in [3.8, 4) is 11.6 Å². The number of carbonyl (C=O) groups is 2. The molecule has 50 heavy (non-hydrogen) atoms. The molecular weight excluding hydrogens is 678 g/mol. The van der Waals surface area contributed by atoms with E-state index in [1.807, 2.05) is 24.3 Å². The molecule has 3 aromatic rings. The summed E-state index contributed by atoms with van der Waals surface area (Å²) in [7, 11) is -0.0507. The highest BCUT2D eigenvalue weighted by Gasteiger charge is 2.44. The number of anilines is 1. The van der Waals surface area contributed by atoms with E-state index in [4.69, 9.17) is 25.8 Å². The Morgan fingerprint density at radius 3 is 2.84 bits per heavy atom. The van der Waals surface area contributed by atoms with Gasteiger partial charge in [0.05, 0.1) is 30.3 Å². The van der Waals surface area contributed by atoms with Gasteiger partial charge in [-0.15, -0.1) is 4.36 Å². The minimum atomic E-state index is -3.49. The largest absolute Gasteiger partial charge is 0.490 e. The van der Waals surface area contributed by atoms with Crippen LogP contribution in [0.1, 0.15) is 60.0 Å². The molecule has 2 amide bonds. The second-order valence-corrected chi connectivity index (χ2v) is 16.4. The second kappa shape index (κ2) is 14.4. The fraction of sp³-hybridized carbons (Fsp3) is 0.486. The molecule has 2 bridgehead atoms. The van der Waals surface area contributed by atoms with Gasteiger partial charge in [0.25, 0.3) is 11.8 Å². The molecule has 0 saturated heterocycles. The van der Waals surface area contributed by atoms with E-state index < -0.39 is 28.3 Å². The Bertz CT molecular complexity index is 1920. The Hall–Kier alpha value is -3.87. The number of aromatic nitrogens is 2. The van der Waals surface area contributed by atoms with Crippen LogP contribution in [0, 0.1) is 11.8 Å². The summed E-state index contributed by atoms with van der Waals surface area (Å²) >= 11 is 6.44. The number of nitrogens with zero attached hydrogens (tertiary/aromatic N) is 4. The minimum absolute atomic E-state index is 0.00362. The molecule has 2 aliphatic heterocycles. The lowest BCUT2D eigenvalue weighted by Crippen LogP contribution is -2.49. The van der Waals surface area contributed by atoms with Gasteiger partial charge in [-0.3, -0.25) is 14.3 Å². The van der Waals surface area contributed by atoms with E-state index in [1.165, 1.54) is 15.8 Å². The van der Waals surface area contributed by atoms with Gasteiger partial charge in [0, 0.05) is 49.3 Å². The van der Waals surface area contributed by atoms with E-state index in [0.29, 0.717) is 49.5 Å². The summed E-state index contributed by atoms with van der Waals surface area (Å²) in [6, 6.07) is 13.1. The Kier molecular flexibility index (Phi) is 9.96. The minimum Gasteiger partial charge on any atom is -0.490 e. The van der Waals surface area contributed by atoms with E-state index in [9.17, 15) is 13.8 Å². The van der Waals surface area contributed by atoms with Crippen molar-refractivity contribution in [2.75, 3.05) is 44.1 Å². The summed E-state index contributed by atoms with van der Waals surface area (Å²) in [6.07, 6.45) is 11.8. The van der Waals surface area contributed by atoms with Crippen molar-refractivity contribution >= 4 is 39.0 Å². The fourth-order valence-electron chi connectivity index (χ4n) is 7.96. The number of halogens is 1. The van der Waals surface area contributed by atoms with Gasteiger partial charge in [-0.25, -0.2) is 8.89 Å². The molecule has 3 heterocycles. The second-order valence-electron chi connectivity index (χ2n) is 13.9. The maximum Gasteiger partial charge on any atom is 0.286 e. The summed E-state index contributed by atoms with van der Waals surface area (Å²) in [4.78, 5) is 29.2. The van der Waals surface area contributed by atoms with Crippen LogP contribution in [0.15, 0.2) is 65.2 Å². The lowest BCUT2D eigenvalue weighted by Gasteiger charge is -2.46. The quantitative estimate of drug-likeness (QED) is 0.335. The summed E-state index contributed by atoms with van der Waals surface area (Å²) in [5, 5.41) is 4.76. The van der Waals surface area contributed by atoms with E-state index in [1.54, 1.807) is 32.5 Å². The maximum atomic E-state index is 14.2. The number of fused-ring (bicyclic) bond motifs is 4. The van der Waals surface area contributed by atoms with Crippen molar-refractivity contribution in [2.45, 2.75) is 56.5 Å². The van der Waals surface area contributed by atoms with Gasteiger partial charge < -0.3 is 19.1 Å². The van der Waals surface area contributed by atoms with E-state index in [2.05, 4.69) is 37.3 Å². The van der Waals surface area contributed by atoms with Crippen LogP contribution in [-0.2, 0) is 38.3 Å². The van der Waals surface area contributed by atoms with Crippen LogP contribution >= 0.6 is 11.6 Å². The number of hydrogen-bond donors (Lipinski definition) is 1. The SMILES string of the molecule is CO[C@H]1/C=C\CCCS(=O)(NC(=O)COc2ccnn2C)=NC(=O)c2ccc3c(c2)N(C[C@@H]2CC[C@H]21)C[C@@]1(CCCc2cc(Cl)ccc21)CO3. The third kappa shape index (κ3) is 7.15. The van der Waals surface area contributed by atoms with Gasteiger partial charge in [0.15, 0.2) is 6.61 Å². The van der Waals surface area contributed by atoms with Crippen LogP contribution < -0.4 is 19.1 Å². The highest BCUT2D eigenvalue weighted by atomic mass is 35.5. The lowest BCUT2D eigenvalue weighted by atomic mass is 9.68. The van der Waals surface area contributed by atoms with Gasteiger partial charge in [-0.05, 0) is 98.2 Å². The van der Waals surface area contributed by atoms with Crippen molar-refractivity contribution < 1.29 is 28.0 Å². The summed E-state index contributed by atoms with van der Waals surface area (Å²) < 4.78 is 40.6. The van der Waals surface area contributed by atoms with E-state index in [0.717, 1.165) is 49.4 Å². The number of ether oxygens (including phenoxy) is 3. The molecule has 5 atom stereocenters. The third-order valence-corrected chi connectivity index (χ3v) is 12.7. The molecule has 1 aromatic heterocycles. The number of amides is 2. The smallest absolute Gasteiger partial charge is 0.286 e. The fourth-order valence-corrected chi connectivity index (χ4v) is 9.74. The van der Waals surface area contributed by atoms with Crippen molar-refractivity contribution in [1.29, 1.82) is 0 Å². The predicted octanol–water partition coefficient (Wildman–Crippen LogP) is 5.66. The lowest BCUT2D eigenvalue weighted by molar-refractivity contribution is -0.121. The molecule has 7 rings (SSSR count). The third-order valence-electron chi connectivity index (χ3n) is 10.7. The molecule has 266 valence electrons. The van der Waals surface area contributed by atoms with Crippen LogP contribution in [-0.4, -0.2) is 71.1 Å². The molecule has 2 aliphatic carbocycles. The van der Waals surface area contributed by atoms with Gasteiger partial charge in [-0.1, -0.05) is 29.8 Å². The average molecular weight is 722 g/mol. The molecule has 1 fully saturated rings. The number of rotatable bonds is 5. The van der Waals surface area contributed by atoms with Gasteiger partial charge >= 0.3 is 0 Å². The monoisotopic (exact) mass is 721 g/mol. The molecule has 0 radical (unpaired) electrons. The highest BCUT2D eigenvalue weighted by molar-refractivity contribution is 7.92. The number of methoxy groups -OCH3 is 1. The Morgan fingerprint density at radius 2 is 2.06 bits per heavy atom. The van der Waals surface area contributed by atoms with Crippen molar-refractivity contribution in [2.24, 2.45) is 23.2 Å². The number of benzene rings is 2. The molecule has 1 saturated carbocycles. The molecule has 1 spiro atoms. The van der Waals surface area contributed by atoms with Crippen molar-refractivity contribution in [3.63, 3.8) is 0 Å². The van der Waals surface area contributed by atoms with E-state index >= 15 is 0 Å². The molecule has 2 aromatic carbocycles. The summed E-state index contributed by atoms with van der Waals surface area (Å²) in [6.45, 7) is 1.59. The maximum absolute atomic E-state index is 14.2. The molecule has 1 unspecified atom stereocenters. The van der Waals surface area contributed by atoms with Crippen LogP contribution in [0.4, 0.5) is 5.69 Å².